The third kappa shape index (κ3) is 5.49. The van der Waals surface area contributed by atoms with Gasteiger partial charge in [-0.1, -0.05) is 72.8 Å². The van der Waals surface area contributed by atoms with Gasteiger partial charge >= 0.3 is 0 Å². The zero-order valence-electron chi connectivity index (χ0n) is 19.9. The Hall–Kier alpha value is -4.56. The van der Waals surface area contributed by atoms with Crippen LogP contribution in [0.4, 0.5) is 5.69 Å². The molecular weight excluding hydrogens is 484 g/mol. The van der Waals surface area contributed by atoms with Crippen molar-refractivity contribution in [1.29, 1.82) is 0 Å². The Morgan fingerprint density at radius 2 is 1.62 bits per heavy atom. The van der Waals surface area contributed by atoms with E-state index < -0.39 is 4.92 Å². The zero-order chi connectivity index (χ0) is 25.6. The number of hydrogen-bond acceptors (Lipinski definition) is 5. The number of nitrogens with one attached hydrogen (secondary N) is 1. The molecule has 2 aromatic heterocycles. The molecule has 7 nitrogen and oxygen atoms in total. The molecule has 0 saturated heterocycles. The molecule has 1 N–H and O–H groups in total. The van der Waals surface area contributed by atoms with Gasteiger partial charge in [-0.3, -0.25) is 14.9 Å². The summed E-state index contributed by atoms with van der Waals surface area (Å²) in [4.78, 5) is 25.2. The monoisotopic (exact) mass is 508 g/mol. The highest BCUT2D eigenvalue weighted by Gasteiger charge is 2.20. The van der Waals surface area contributed by atoms with Crippen molar-refractivity contribution in [1.82, 2.24) is 15.1 Å². The van der Waals surface area contributed by atoms with Gasteiger partial charge < -0.3 is 5.32 Å². The maximum atomic E-state index is 13.4. The van der Waals surface area contributed by atoms with Crippen molar-refractivity contribution in [3.63, 3.8) is 0 Å². The van der Waals surface area contributed by atoms with Gasteiger partial charge in [-0.05, 0) is 41.1 Å². The molecule has 8 heteroatoms. The number of nitro benzene ring substituents is 1. The second kappa shape index (κ2) is 11.0. The highest BCUT2D eigenvalue weighted by Crippen LogP contribution is 2.29. The normalized spacial score (nSPS) is 10.9. The van der Waals surface area contributed by atoms with Crippen molar-refractivity contribution in [3.8, 4) is 16.3 Å². The molecule has 0 atom stereocenters. The van der Waals surface area contributed by atoms with Gasteiger partial charge in [0.1, 0.15) is 11.4 Å². The number of amides is 1. The van der Waals surface area contributed by atoms with Crippen molar-refractivity contribution in [2.24, 2.45) is 0 Å². The molecule has 37 heavy (non-hydrogen) atoms. The molecule has 0 aliphatic heterocycles. The Morgan fingerprint density at radius 1 is 0.919 bits per heavy atom. The van der Waals surface area contributed by atoms with E-state index >= 15 is 0 Å². The van der Waals surface area contributed by atoms with E-state index in [-0.39, 0.29) is 17.5 Å². The lowest BCUT2D eigenvalue weighted by Gasteiger charge is -2.18. The van der Waals surface area contributed by atoms with Crippen molar-refractivity contribution >= 4 is 22.9 Å². The first-order valence-corrected chi connectivity index (χ1v) is 12.7. The van der Waals surface area contributed by atoms with Crippen molar-refractivity contribution in [2.75, 3.05) is 6.54 Å². The standard InChI is InChI=1S/C29H24N4O3S/c34-29(30-17-16-25(21-9-3-1-4-10-21)22-11-5-2-6-12-22)27-20-26(28-15-8-18-37-28)31-32(27)23-13-7-14-24(19-23)33(35)36/h1-15,18-20,25H,16-17H2,(H,30,34). The third-order valence-electron chi connectivity index (χ3n) is 6.12. The van der Waals surface area contributed by atoms with E-state index in [9.17, 15) is 14.9 Å². The minimum absolute atomic E-state index is 0.0643. The number of benzene rings is 3. The maximum Gasteiger partial charge on any atom is 0.271 e. The highest BCUT2D eigenvalue weighted by atomic mass is 32.1. The maximum absolute atomic E-state index is 13.4. The first-order chi connectivity index (χ1) is 18.1. The summed E-state index contributed by atoms with van der Waals surface area (Å²) in [5.41, 5.74) is 3.71. The fourth-order valence-corrected chi connectivity index (χ4v) is 5.02. The molecule has 5 aromatic rings. The lowest BCUT2D eigenvalue weighted by Crippen LogP contribution is -2.28. The van der Waals surface area contributed by atoms with E-state index in [0.29, 0.717) is 30.0 Å². The van der Waals surface area contributed by atoms with Gasteiger partial charge in [-0.25, -0.2) is 4.68 Å². The van der Waals surface area contributed by atoms with Crippen LogP contribution in [0.5, 0.6) is 0 Å². The number of rotatable bonds is 9. The summed E-state index contributed by atoms with van der Waals surface area (Å²) < 4.78 is 1.48. The first kappa shape index (κ1) is 24.1. The number of hydrogen-bond donors (Lipinski definition) is 1. The fraction of sp³-hybridized carbons (Fsp3) is 0.103. The summed E-state index contributed by atoms with van der Waals surface area (Å²) in [6.45, 7) is 0.446. The molecule has 1 amide bonds. The van der Waals surface area contributed by atoms with Gasteiger partial charge in [0.25, 0.3) is 11.6 Å². The highest BCUT2D eigenvalue weighted by molar-refractivity contribution is 7.13. The quantitative estimate of drug-likeness (QED) is 0.183. The molecule has 0 aliphatic rings. The van der Waals surface area contributed by atoms with Crippen LogP contribution in [0.2, 0.25) is 0 Å². The third-order valence-corrected chi connectivity index (χ3v) is 7.02. The number of aromatic nitrogens is 2. The molecule has 0 radical (unpaired) electrons. The summed E-state index contributed by atoms with van der Waals surface area (Å²) in [7, 11) is 0. The van der Waals surface area contributed by atoms with E-state index in [2.05, 4.69) is 34.7 Å². The van der Waals surface area contributed by atoms with E-state index in [0.717, 1.165) is 4.88 Å². The Kier molecular flexibility index (Phi) is 7.19. The van der Waals surface area contributed by atoms with Gasteiger partial charge in [0.05, 0.1) is 15.5 Å². The molecule has 0 unspecified atom stereocenters. The van der Waals surface area contributed by atoms with Crippen LogP contribution in [0.15, 0.2) is 109 Å². The van der Waals surface area contributed by atoms with Crippen molar-refractivity contribution in [3.05, 3.63) is 135 Å². The zero-order valence-corrected chi connectivity index (χ0v) is 20.7. The molecule has 2 heterocycles. The molecule has 5 rings (SSSR count). The molecule has 0 spiro atoms. The molecule has 3 aromatic carbocycles. The summed E-state index contributed by atoms with van der Waals surface area (Å²) in [6.07, 6.45) is 0.711. The van der Waals surface area contributed by atoms with E-state index in [1.54, 1.807) is 18.2 Å². The Labute approximate surface area is 218 Å². The van der Waals surface area contributed by atoms with Crippen LogP contribution < -0.4 is 5.32 Å². The fourth-order valence-electron chi connectivity index (χ4n) is 4.34. The summed E-state index contributed by atoms with van der Waals surface area (Å²) in [5.74, 6) is -0.159. The van der Waals surface area contributed by atoms with Crippen LogP contribution in [0.3, 0.4) is 0 Å². The van der Waals surface area contributed by atoms with Crippen LogP contribution in [0.25, 0.3) is 16.3 Å². The second-order valence-corrected chi connectivity index (χ2v) is 9.45. The lowest BCUT2D eigenvalue weighted by atomic mass is 9.88. The lowest BCUT2D eigenvalue weighted by molar-refractivity contribution is -0.384. The van der Waals surface area contributed by atoms with Gasteiger partial charge in [0.15, 0.2) is 0 Å². The van der Waals surface area contributed by atoms with Gasteiger partial charge in [-0.2, -0.15) is 5.10 Å². The number of nitrogens with zero attached hydrogens (tertiary/aromatic N) is 3. The molecular formula is C29H24N4O3S. The topological polar surface area (TPSA) is 90.1 Å². The molecule has 0 aliphatic carbocycles. The average molecular weight is 509 g/mol. The smallest absolute Gasteiger partial charge is 0.271 e. The van der Waals surface area contributed by atoms with Crippen LogP contribution in [0.1, 0.15) is 34.0 Å². The second-order valence-electron chi connectivity index (χ2n) is 8.50. The largest absolute Gasteiger partial charge is 0.351 e. The number of non-ortho nitro benzene ring substituents is 1. The minimum atomic E-state index is -0.458. The Morgan fingerprint density at radius 3 is 2.24 bits per heavy atom. The van der Waals surface area contributed by atoms with Gasteiger partial charge in [0, 0.05) is 24.6 Å². The number of carbonyl (C=O) groups is 1. The molecule has 0 saturated carbocycles. The summed E-state index contributed by atoms with van der Waals surface area (Å²) in [5, 5.41) is 20.9. The predicted molar refractivity (Wildman–Crippen MR) is 145 cm³/mol. The molecule has 184 valence electrons. The SMILES string of the molecule is O=C(NCCC(c1ccccc1)c1ccccc1)c1cc(-c2cccs2)nn1-c1cccc([N+](=O)[O-])c1. The van der Waals surface area contributed by atoms with Crippen LogP contribution in [0, 0.1) is 10.1 Å². The van der Waals surface area contributed by atoms with E-state index in [1.165, 1.54) is 39.3 Å². The average Bonchev–Trinajstić information content (AvgIpc) is 3.63. The number of carbonyl (C=O) groups excluding carboxylic acids is 1. The van der Waals surface area contributed by atoms with Crippen molar-refractivity contribution < 1.29 is 9.72 Å². The Bertz CT molecular complexity index is 1460. The number of nitro groups is 1. The van der Waals surface area contributed by atoms with Crippen LogP contribution >= 0.6 is 11.3 Å². The van der Waals surface area contributed by atoms with E-state index in [4.69, 9.17) is 0 Å². The minimum Gasteiger partial charge on any atom is -0.351 e. The van der Waals surface area contributed by atoms with Gasteiger partial charge in [-0.15, -0.1) is 11.3 Å². The summed E-state index contributed by atoms with van der Waals surface area (Å²) >= 11 is 1.51. The molecule has 0 fully saturated rings. The van der Waals surface area contributed by atoms with Crippen LogP contribution in [-0.4, -0.2) is 27.2 Å². The first-order valence-electron chi connectivity index (χ1n) is 11.9. The molecule has 0 bridgehead atoms. The number of thiophene rings is 1. The van der Waals surface area contributed by atoms with Crippen LogP contribution in [-0.2, 0) is 0 Å². The van der Waals surface area contributed by atoms with Gasteiger partial charge in [0.2, 0.25) is 0 Å². The summed E-state index contributed by atoms with van der Waals surface area (Å²) in [6, 6.07) is 32.2. The van der Waals surface area contributed by atoms with Crippen molar-refractivity contribution in [2.45, 2.75) is 12.3 Å². The predicted octanol–water partition coefficient (Wildman–Crippen LogP) is 6.46. The van der Waals surface area contributed by atoms with E-state index in [1.807, 2.05) is 53.9 Å². The Balaban J connectivity index is 1.40.